The fraction of sp³-hybridized carbons (Fsp3) is 0.600. The highest BCUT2D eigenvalue weighted by molar-refractivity contribution is 5.42. The molecule has 1 aromatic rings. The molecular formula is C10H17NO. The number of nitrogens with zero attached hydrogens (tertiary/aromatic N) is 1. The summed E-state index contributed by atoms with van der Waals surface area (Å²) in [6.07, 6.45) is 6.02. The Bertz CT molecular complexity index is 194. The summed E-state index contributed by atoms with van der Waals surface area (Å²) in [5, 5.41) is 0. The molecule has 0 aliphatic carbocycles. The average molecular weight is 167 g/mol. The van der Waals surface area contributed by atoms with E-state index in [1.165, 1.54) is 18.5 Å². The highest BCUT2D eigenvalue weighted by Crippen LogP contribution is 2.14. The van der Waals surface area contributed by atoms with Crippen molar-refractivity contribution in [1.82, 2.24) is 0 Å². The molecule has 0 amide bonds. The van der Waals surface area contributed by atoms with E-state index in [4.69, 9.17) is 4.42 Å². The van der Waals surface area contributed by atoms with Crippen LogP contribution in [-0.2, 0) is 0 Å². The lowest BCUT2D eigenvalue weighted by Gasteiger charge is -2.20. The smallest absolute Gasteiger partial charge is 0.114 e. The maximum absolute atomic E-state index is 5.04. The monoisotopic (exact) mass is 167 g/mol. The number of rotatable bonds is 5. The maximum Gasteiger partial charge on any atom is 0.114 e. The molecule has 0 aliphatic rings. The van der Waals surface area contributed by atoms with Gasteiger partial charge in [0.15, 0.2) is 0 Å². The minimum atomic E-state index is 1.06. The minimum absolute atomic E-state index is 1.06. The Morgan fingerprint density at radius 2 is 2.25 bits per heavy atom. The van der Waals surface area contributed by atoms with Gasteiger partial charge in [-0.3, -0.25) is 0 Å². The zero-order valence-electron chi connectivity index (χ0n) is 7.92. The van der Waals surface area contributed by atoms with Crippen LogP contribution in [0.2, 0.25) is 0 Å². The lowest BCUT2D eigenvalue weighted by Crippen LogP contribution is -2.23. The number of hydrogen-bond acceptors (Lipinski definition) is 2. The zero-order valence-corrected chi connectivity index (χ0v) is 7.92. The predicted octanol–water partition coefficient (Wildman–Crippen LogP) is 2.91. The van der Waals surface area contributed by atoms with Crippen molar-refractivity contribution in [2.75, 3.05) is 18.0 Å². The van der Waals surface area contributed by atoms with Crippen LogP contribution in [0.15, 0.2) is 23.0 Å². The second kappa shape index (κ2) is 4.86. The van der Waals surface area contributed by atoms with Crippen LogP contribution >= 0.6 is 0 Å². The minimum Gasteiger partial charge on any atom is -0.470 e. The largest absolute Gasteiger partial charge is 0.470 e. The van der Waals surface area contributed by atoms with Crippen LogP contribution in [0.4, 0.5) is 5.69 Å². The lowest BCUT2D eigenvalue weighted by molar-refractivity contribution is 0.565. The fourth-order valence-corrected chi connectivity index (χ4v) is 1.26. The van der Waals surface area contributed by atoms with Crippen molar-refractivity contribution in [2.24, 2.45) is 0 Å². The van der Waals surface area contributed by atoms with Gasteiger partial charge in [-0.05, 0) is 19.4 Å². The molecule has 68 valence electrons. The Morgan fingerprint density at radius 1 is 1.42 bits per heavy atom. The van der Waals surface area contributed by atoms with Gasteiger partial charge in [0.25, 0.3) is 0 Å². The second-order valence-electron chi connectivity index (χ2n) is 2.91. The molecule has 1 heterocycles. The van der Waals surface area contributed by atoms with E-state index in [2.05, 4.69) is 18.7 Å². The van der Waals surface area contributed by atoms with Gasteiger partial charge in [-0.1, -0.05) is 13.3 Å². The van der Waals surface area contributed by atoms with Crippen molar-refractivity contribution in [2.45, 2.75) is 26.7 Å². The Kier molecular flexibility index (Phi) is 3.71. The molecule has 0 aliphatic heterocycles. The van der Waals surface area contributed by atoms with E-state index in [-0.39, 0.29) is 0 Å². The summed E-state index contributed by atoms with van der Waals surface area (Å²) < 4.78 is 5.04. The standard InChI is InChI=1S/C10H17NO/c1-3-5-7-11(4-2)10-6-8-12-9-10/h6,8-9H,3-5,7H2,1-2H3. The second-order valence-corrected chi connectivity index (χ2v) is 2.91. The maximum atomic E-state index is 5.04. The van der Waals surface area contributed by atoms with Gasteiger partial charge in [-0.15, -0.1) is 0 Å². The summed E-state index contributed by atoms with van der Waals surface area (Å²) in [4.78, 5) is 2.33. The van der Waals surface area contributed by atoms with Gasteiger partial charge >= 0.3 is 0 Å². The highest BCUT2D eigenvalue weighted by atomic mass is 16.3. The Morgan fingerprint density at radius 3 is 2.75 bits per heavy atom. The molecule has 12 heavy (non-hydrogen) atoms. The van der Waals surface area contributed by atoms with Gasteiger partial charge in [-0.2, -0.15) is 0 Å². The topological polar surface area (TPSA) is 16.4 Å². The van der Waals surface area contributed by atoms with Crippen LogP contribution in [0.3, 0.4) is 0 Å². The fourth-order valence-electron chi connectivity index (χ4n) is 1.26. The van der Waals surface area contributed by atoms with E-state index in [1.807, 2.05) is 6.07 Å². The summed E-state index contributed by atoms with van der Waals surface area (Å²) >= 11 is 0. The van der Waals surface area contributed by atoms with Crippen molar-refractivity contribution in [3.05, 3.63) is 18.6 Å². The van der Waals surface area contributed by atoms with E-state index >= 15 is 0 Å². The Balaban J connectivity index is 2.45. The molecule has 0 radical (unpaired) electrons. The summed E-state index contributed by atoms with van der Waals surface area (Å²) in [6.45, 7) is 6.57. The van der Waals surface area contributed by atoms with E-state index in [0.29, 0.717) is 0 Å². The number of furan rings is 1. The molecule has 0 spiro atoms. The number of anilines is 1. The van der Waals surface area contributed by atoms with Gasteiger partial charge in [0.1, 0.15) is 6.26 Å². The number of unbranched alkanes of at least 4 members (excludes halogenated alkanes) is 1. The van der Waals surface area contributed by atoms with Gasteiger partial charge < -0.3 is 9.32 Å². The third-order valence-electron chi connectivity index (χ3n) is 2.03. The number of hydrogen-bond donors (Lipinski definition) is 0. The van der Waals surface area contributed by atoms with Gasteiger partial charge in [0.2, 0.25) is 0 Å². The molecule has 0 bridgehead atoms. The van der Waals surface area contributed by atoms with Crippen LogP contribution in [0.1, 0.15) is 26.7 Å². The lowest BCUT2D eigenvalue weighted by atomic mass is 10.3. The van der Waals surface area contributed by atoms with Crippen molar-refractivity contribution in [3.8, 4) is 0 Å². The summed E-state index contributed by atoms with van der Waals surface area (Å²) in [5.74, 6) is 0. The molecule has 2 heteroatoms. The molecule has 1 rings (SSSR count). The average Bonchev–Trinajstić information content (AvgIpc) is 2.59. The van der Waals surface area contributed by atoms with Crippen molar-refractivity contribution >= 4 is 5.69 Å². The van der Waals surface area contributed by atoms with Crippen LogP contribution in [-0.4, -0.2) is 13.1 Å². The molecule has 0 saturated heterocycles. The van der Waals surface area contributed by atoms with E-state index < -0.39 is 0 Å². The Hall–Kier alpha value is -0.920. The molecule has 0 atom stereocenters. The van der Waals surface area contributed by atoms with Crippen molar-refractivity contribution in [3.63, 3.8) is 0 Å². The first-order valence-electron chi connectivity index (χ1n) is 4.65. The van der Waals surface area contributed by atoms with Crippen LogP contribution < -0.4 is 4.90 Å². The highest BCUT2D eigenvalue weighted by Gasteiger charge is 2.03. The first-order chi connectivity index (χ1) is 5.88. The molecule has 1 aromatic heterocycles. The molecular weight excluding hydrogens is 150 g/mol. The van der Waals surface area contributed by atoms with E-state index in [9.17, 15) is 0 Å². The molecule has 0 N–H and O–H groups in total. The first kappa shape index (κ1) is 9.17. The van der Waals surface area contributed by atoms with Gasteiger partial charge in [-0.25, -0.2) is 0 Å². The quantitative estimate of drug-likeness (QED) is 0.670. The Labute approximate surface area is 74.2 Å². The zero-order chi connectivity index (χ0) is 8.81. The third-order valence-corrected chi connectivity index (χ3v) is 2.03. The summed E-state index contributed by atoms with van der Waals surface area (Å²) in [7, 11) is 0. The summed E-state index contributed by atoms with van der Waals surface area (Å²) in [6, 6.07) is 2.01. The van der Waals surface area contributed by atoms with E-state index in [1.54, 1.807) is 12.5 Å². The SMILES string of the molecule is CCCCN(CC)c1ccoc1. The van der Waals surface area contributed by atoms with Crippen LogP contribution in [0, 0.1) is 0 Å². The van der Waals surface area contributed by atoms with E-state index in [0.717, 1.165) is 13.1 Å². The predicted molar refractivity (Wildman–Crippen MR) is 51.5 cm³/mol. The van der Waals surface area contributed by atoms with Crippen LogP contribution in [0.25, 0.3) is 0 Å². The normalized spacial score (nSPS) is 10.2. The van der Waals surface area contributed by atoms with Gasteiger partial charge in [0, 0.05) is 13.1 Å². The first-order valence-corrected chi connectivity index (χ1v) is 4.65. The van der Waals surface area contributed by atoms with Crippen molar-refractivity contribution < 1.29 is 4.42 Å². The third kappa shape index (κ3) is 2.29. The van der Waals surface area contributed by atoms with Crippen molar-refractivity contribution in [1.29, 1.82) is 0 Å². The van der Waals surface area contributed by atoms with Crippen LogP contribution in [0.5, 0.6) is 0 Å². The summed E-state index contributed by atoms with van der Waals surface area (Å²) in [5.41, 5.74) is 1.20. The molecule has 0 fully saturated rings. The van der Waals surface area contributed by atoms with Gasteiger partial charge in [0.05, 0.1) is 12.0 Å². The molecule has 2 nitrogen and oxygen atoms in total. The molecule has 0 aromatic carbocycles. The molecule has 0 saturated carbocycles. The molecule has 0 unspecified atom stereocenters.